The molecule has 0 spiro atoms. The quantitative estimate of drug-likeness (QED) is 0.721. The van der Waals surface area contributed by atoms with Crippen molar-refractivity contribution < 1.29 is 0 Å². The summed E-state index contributed by atoms with van der Waals surface area (Å²) in [5.41, 5.74) is 3.13. The second-order valence-electron chi connectivity index (χ2n) is 5.29. The second kappa shape index (κ2) is 5.91. The van der Waals surface area contributed by atoms with Gasteiger partial charge in [-0.15, -0.1) is 0 Å². The summed E-state index contributed by atoms with van der Waals surface area (Å²) in [5, 5.41) is 0. The predicted octanol–water partition coefficient (Wildman–Crippen LogP) is 2.53. The van der Waals surface area contributed by atoms with Gasteiger partial charge in [0.2, 0.25) is 0 Å². The van der Waals surface area contributed by atoms with E-state index in [9.17, 15) is 0 Å². The molecule has 0 aliphatic rings. The van der Waals surface area contributed by atoms with Crippen molar-refractivity contribution in [3.05, 3.63) is 48.5 Å². The normalized spacial score (nSPS) is 11.0. The van der Waals surface area contributed by atoms with Crippen molar-refractivity contribution in [1.82, 2.24) is 19.5 Å². The van der Waals surface area contributed by atoms with Crippen LogP contribution in [0.1, 0.15) is 12.0 Å². The minimum atomic E-state index is 0.863. The summed E-state index contributed by atoms with van der Waals surface area (Å²) in [7, 11) is 3.94. The third-order valence-corrected chi connectivity index (χ3v) is 3.51. The van der Waals surface area contributed by atoms with Crippen LogP contribution in [-0.2, 0) is 13.0 Å². The van der Waals surface area contributed by atoms with Crippen molar-refractivity contribution in [2.75, 3.05) is 19.0 Å². The van der Waals surface area contributed by atoms with Gasteiger partial charge in [-0.25, -0.2) is 15.0 Å². The van der Waals surface area contributed by atoms with Crippen molar-refractivity contribution in [3.8, 4) is 0 Å². The molecule has 3 rings (SSSR count). The van der Waals surface area contributed by atoms with Crippen LogP contribution in [0.25, 0.3) is 11.2 Å². The zero-order valence-corrected chi connectivity index (χ0v) is 12.4. The van der Waals surface area contributed by atoms with E-state index in [1.165, 1.54) is 5.56 Å². The lowest BCUT2D eigenvalue weighted by Crippen LogP contribution is -2.11. The van der Waals surface area contributed by atoms with Gasteiger partial charge in [-0.05, 0) is 18.4 Å². The molecule has 0 amide bonds. The summed E-state index contributed by atoms with van der Waals surface area (Å²) >= 11 is 0. The first kappa shape index (κ1) is 13.5. The highest BCUT2D eigenvalue weighted by molar-refractivity contribution is 5.82. The molecule has 2 aromatic heterocycles. The molecule has 0 fully saturated rings. The Morgan fingerprint density at radius 1 is 1.05 bits per heavy atom. The molecule has 0 radical (unpaired) electrons. The highest BCUT2D eigenvalue weighted by Gasteiger charge is 2.10. The first-order valence-electron chi connectivity index (χ1n) is 7.13. The second-order valence-corrected chi connectivity index (χ2v) is 5.29. The zero-order chi connectivity index (χ0) is 14.7. The highest BCUT2D eigenvalue weighted by atomic mass is 15.2. The van der Waals surface area contributed by atoms with Crippen molar-refractivity contribution in [3.63, 3.8) is 0 Å². The molecule has 108 valence electrons. The van der Waals surface area contributed by atoms with Crippen LogP contribution in [0, 0.1) is 0 Å². The molecule has 5 heteroatoms. The van der Waals surface area contributed by atoms with E-state index in [1.54, 1.807) is 6.33 Å². The number of benzene rings is 1. The predicted molar refractivity (Wildman–Crippen MR) is 84.4 cm³/mol. The first-order chi connectivity index (χ1) is 10.3. The summed E-state index contributed by atoms with van der Waals surface area (Å²) < 4.78 is 2.10. The summed E-state index contributed by atoms with van der Waals surface area (Å²) in [6.45, 7) is 0.912. The molecule has 0 saturated heterocycles. The molecule has 0 saturated carbocycles. The maximum atomic E-state index is 4.46. The summed E-state index contributed by atoms with van der Waals surface area (Å²) in [6.07, 6.45) is 5.59. The van der Waals surface area contributed by atoms with Gasteiger partial charge < -0.3 is 9.47 Å². The number of hydrogen-bond acceptors (Lipinski definition) is 4. The Kier molecular flexibility index (Phi) is 3.81. The molecular weight excluding hydrogens is 262 g/mol. The molecule has 3 aromatic rings. The Labute approximate surface area is 124 Å². The van der Waals surface area contributed by atoms with Crippen LogP contribution in [0.15, 0.2) is 43.0 Å². The molecule has 0 atom stereocenters. The van der Waals surface area contributed by atoms with Gasteiger partial charge in [-0.3, -0.25) is 0 Å². The van der Waals surface area contributed by atoms with Crippen LogP contribution in [0.2, 0.25) is 0 Å². The number of imidazole rings is 1. The standard InChI is InChI=1S/C16H19N5/c1-20(2)15-14-16(18-11-17-15)21(12-19-14)10-6-9-13-7-4-3-5-8-13/h3-5,7-8,11-12H,6,9-10H2,1-2H3. The maximum Gasteiger partial charge on any atom is 0.165 e. The van der Waals surface area contributed by atoms with E-state index in [4.69, 9.17) is 0 Å². The van der Waals surface area contributed by atoms with Gasteiger partial charge in [-0.1, -0.05) is 30.3 Å². The summed E-state index contributed by atoms with van der Waals surface area (Å²) in [6, 6.07) is 10.5. The number of fused-ring (bicyclic) bond motifs is 1. The van der Waals surface area contributed by atoms with E-state index >= 15 is 0 Å². The number of hydrogen-bond donors (Lipinski definition) is 0. The number of aryl methyl sites for hydroxylation is 2. The maximum absolute atomic E-state index is 4.46. The van der Waals surface area contributed by atoms with Crippen LogP contribution >= 0.6 is 0 Å². The number of nitrogens with zero attached hydrogens (tertiary/aromatic N) is 5. The van der Waals surface area contributed by atoms with Crippen molar-refractivity contribution in [1.29, 1.82) is 0 Å². The third kappa shape index (κ3) is 2.86. The van der Waals surface area contributed by atoms with Gasteiger partial charge in [0.05, 0.1) is 6.33 Å². The monoisotopic (exact) mass is 281 g/mol. The topological polar surface area (TPSA) is 46.8 Å². The van der Waals surface area contributed by atoms with Gasteiger partial charge >= 0.3 is 0 Å². The Bertz CT molecular complexity index is 718. The van der Waals surface area contributed by atoms with Crippen LogP contribution in [0.5, 0.6) is 0 Å². The van der Waals surface area contributed by atoms with E-state index in [0.717, 1.165) is 36.4 Å². The third-order valence-electron chi connectivity index (χ3n) is 3.51. The van der Waals surface area contributed by atoms with Gasteiger partial charge in [0.25, 0.3) is 0 Å². The van der Waals surface area contributed by atoms with E-state index in [2.05, 4.69) is 43.8 Å². The highest BCUT2D eigenvalue weighted by Crippen LogP contribution is 2.19. The molecule has 21 heavy (non-hydrogen) atoms. The number of anilines is 1. The lowest BCUT2D eigenvalue weighted by atomic mass is 10.1. The Balaban J connectivity index is 1.74. The molecular formula is C16H19N5. The van der Waals surface area contributed by atoms with E-state index in [-0.39, 0.29) is 0 Å². The van der Waals surface area contributed by atoms with Crippen LogP contribution in [-0.4, -0.2) is 33.6 Å². The fourth-order valence-electron chi connectivity index (χ4n) is 2.46. The number of aromatic nitrogens is 4. The van der Waals surface area contributed by atoms with Crippen molar-refractivity contribution in [2.45, 2.75) is 19.4 Å². The van der Waals surface area contributed by atoms with E-state index < -0.39 is 0 Å². The fraction of sp³-hybridized carbons (Fsp3) is 0.312. The average Bonchev–Trinajstić information content (AvgIpc) is 2.91. The number of rotatable bonds is 5. The van der Waals surface area contributed by atoms with Gasteiger partial charge in [0, 0.05) is 20.6 Å². The van der Waals surface area contributed by atoms with Gasteiger partial charge in [0.1, 0.15) is 6.33 Å². The summed E-state index contributed by atoms with van der Waals surface area (Å²) in [5.74, 6) is 0.863. The first-order valence-corrected chi connectivity index (χ1v) is 7.13. The zero-order valence-electron chi connectivity index (χ0n) is 12.4. The molecule has 0 N–H and O–H groups in total. The molecule has 2 heterocycles. The minimum Gasteiger partial charge on any atom is -0.361 e. The molecule has 0 bridgehead atoms. The molecule has 5 nitrogen and oxygen atoms in total. The van der Waals surface area contributed by atoms with Crippen LogP contribution in [0.3, 0.4) is 0 Å². The minimum absolute atomic E-state index is 0.863. The van der Waals surface area contributed by atoms with Crippen molar-refractivity contribution >= 4 is 17.0 Å². The lowest BCUT2D eigenvalue weighted by molar-refractivity contribution is 0.652. The van der Waals surface area contributed by atoms with Gasteiger partial charge in [0.15, 0.2) is 17.0 Å². The van der Waals surface area contributed by atoms with Crippen LogP contribution in [0.4, 0.5) is 5.82 Å². The van der Waals surface area contributed by atoms with Gasteiger partial charge in [-0.2, -0.15) is 0 Å². The van der Waals surface area contributed by atoms with E-state index in [1.807, 2.05) is 31.4 Å². The molecule has 0 aliphatic heterocycles. The SMILES string of the molecule is CN(C)c1ncnc2c1ncn2CCCc1ccccc1. The molecule has 1 aromatic carbocycles. The Morgan fingerprint density at radius 2 is 1.86 bits per heavy atom. The molecule has 0 unspecified atom stereocenters. The Hall–Kier alpha value is -2.43. The largest absolute Gasteiger partial charge is 0.361 e. The fourth-order valence-corrected chi connectivity index (χ4v) is 2.46. The Morgan fingerprint density at radius 3 is 2.62 bits per heavy atom. The lowest BCUT2D eigenvalue weighted by Gasteiger charge is -2.11. The van der Waals surface area contributed by atoms with Crippen molar-refractivity contribution in [2.24, 2.45) is 0 Å². The smallest absolute Gasteiger partial charge is 0.165 e. The average molecular weight is 281 g/mol. The summed E-state index contributed by atoms with van der Waals surface area (Å²) in [4.78, 5) is 15.1. The van der Waals surface area contributed by atoms with E-state index in [0.29, 0.717) is 0 Å². The molecule has 0 aliphatic carbocycles. The van der Waals surface area contributed by atoms with Crippen LogP contribution < -0.4 is 4.90 Å².